The van der Waals surface area contributed by atoms with Gasteiger partial charge in [-0.25, -0.2) is 0 Å². The second-order valence-electron chi connectivity index (χ2n) is 6.17. The number of hydrogen-bond acceptors (Lipinski definition) is 1. The van der Waals surface area contributed by atoms with Gasteiger partial charge in [-0.1, -0.05) is 84.1 Å². The number of alkyl halides is 1. The average Bonchev–Trinajstić information content (AvgIpc) is 2.45. The highest BCUT2D eigenvalue weighted by Crippen LogP contribution is 2.32. The van der Waals surface area contributed by atoms with E-state index in [0.29, 0.717) is 10.5 Å². The largest absolute Gasteiger partial charge is 0.377 e. The average molecular weight is 348 g/mol. The Morgan fingerprint density at radius 3 is 1.85 bits per heavy atom. The summed E-state index contributed by atoms with van der Waals surface area (Å²) < 4.78 is 0.470. The van der Waals surface area contributed by atoms with Crippen molar-refractivity contribution in [1.29, 1.82) is 0 Å². The van der Waals surface area contributed by atoms with Gasteiger partial charge < -0.3 is 5.32 Å². The van der Waals surface area contributed by atoms with Crippen LogP contribution in [0.15, 0.2) is 60.7 Å². The molecule has 2 aromatic rings. The van der Waals surface area contributed by atoms with Crippen molar-refractivity contribution in [2.75, 3.05) is 5.32 Å². The summed E-state index contributed by atoms with van der Waals surface area (Å²) in [5.41, 5.74) is 2.50. The lowest BCUT2D eigenvalue weighted by atomic mass is 10.1. The Morgan fingerprint density at radius 2 is 1.35 bits per heavy atom. The summed E-state index contributed by atoms with van der Waals surface area (Å²) in [6.07, 6.45) is 0. The van der Waals surface area contributed by atoms with E-state index in [-0.39, 0.29) is 0 Å². The van der Waals surface area contributed by atoms with Crippen molar-refractivity contribution in [3.05, 3.63) is 66.2 Å². The molecule has 0 amide bonds. The predicted molar refractivity (Wildman–Crippen MR) is 95.3 cm³/mol. The topological polar surface area (TPSA) is 12.0 Å². The first kappa shape index (κ1) is 15.3. The number of rotatable bonds is 5. The molecule has 2 aromatic carbocycles. The molecule has 0 heterocycles. The lowest BCUT2D eigenvalue weighted by molar-refractivity contribution is 0.846. The molecule has 20 heavy (non-hydrogen) atoms. The molecule has 0 unspecified atom stereocenters. The molecular formula is C17H22BrNSi. The third kappa shape index (κ3) is 3.97. The van der Waals surface area contributed by atoms with Crippen LogP contribution in [0.25, 0.3) is 0 Å². The zero-order valence-electron chi connectivity index (χ0n) is 12.3. The van der Waals surface area contributed by atoms with E-state index < -0.39 is 8.07 Å². The fraction of sp³-hybridized carbons (Fsp3) is 0.294. The van der Waals surface area contributed by atoms with Gasteiger partial charge in [0.25, 0.3) is 0 Å². The van der Waals surface area contributed by atoms with Crippen LogP contribution in [0.4, 0.5) is 5.69 Å². The van der Waals surface area contributed by atoms with E-state index in [0.717, 1.165) is 0 Å². The van der Waals surface area contributed by atoms with E-state index in [1.807, 2.05) is 6.07 Å². The van der Waals surface area contributed by atoms with E-state index in [1.165, 1.54) is 11.3 Å². The summed E-state index contributed by atoms with van der Waals surface area (Å²) in [6.45, 7) is 7.19. The van der Waals surface area contributed by atoms with E-state index >= 15 is 0 Å². The summed E-state index contributed by atoms with van der Waals surface area (Å²) in [5, 5.41) is 3.69. The van der Waals surface area contributed by atoms with Gasteiger partial charge in [0.15, 0.2) is 0 Å². The number of anilines is 1. The van der Waals surface area contributed by atoms with Gasteiger partial charge >= 0.3 is 0 Å². The summed E-state index contributed by atoms with van der Waals surface area (Å²) >= 11 is 3.96. The van der Waals surface area contributed by atoms with E-state index in [9.17, 15) is 0 Å². The van der Waals surface area contributed by atoms with Gasteiger partial charge in [0.1, 0.15) is 0 Å². The van der Waals surface area contributed by atoms with Crippen molar-refractivity contribution in [2.45, 2.75) is 30.1 Å². The standard InChI is InChI=1S/C17H22BrNSi/c1-20(2,3)17(18)16(14-10-6-4-7-11-14)19-15-12-8-5-9-13-15/h4-13,16-17,19H,1-3H3/t16-,17-/m1/s1. The molecule has 3 heteroatoms. The first-order chi connectivity index (χ1) is 9.48. The molecule has 0 aromatic heterocycles. The van der Waals surface area contributed by atoms with Gasteiger partial charge in [0, 0.05) is 10.1 Å². The van der Waals surface area contributed by atoms with Crippen molar-refractivity contribution in [2.24, 2.45) is 0 Å². The van der Waals surface area contributed by atoms with Crippen molar-refractivity contribution < 1.29 is 0 Å². The monoisotopic (exact) mass is 347 g/mol. The SMILES string of the molecule is C[Si](C)(C)[C@@H](Br)[C@H](Nc1ccccc1)c1ccccc1. The molecular weight excluding hydrogens is 326 g/mol. The van der Waals surface area contributed by atoms with Crippen LogP contribution in [0.2, 0.25) is 19.6 Å². The lowest BCUT2D eigenvalue weighted by Gasteiger charge is -2.33. The molecule has 0 aliphatic heterocycles. The Bertz CT molecular complexity index is 522. The third-order valence-corrected chi connectivity index (χ3v) is 10.0. The minimum atomic E-state index is -1.31. The van der Waals surface area contributed by atoms with Gasteiger partial charge in [-0.05, 0) is 17.7 Å². The fourth-order valence-corrected chi connectivity index (χ4v) is 3.91. The maximum Gasteiger partial charge on any atom is 0.0626 e. The highest BCUT2D eigenvalue weighted by Gasteiger charge is 2.32. The fourth-order valence-electron chi connectivity index (χ4n) is 2.20. The maximum atomic E-state index is 3.96. The van der Waals surface area contributed by atoms with Gasteiger partial charge in [0.2, 0.25) is 0 Å². The summed E-state index contributed by atoms with van der Waals surface area (Å²) in [6, 6.07) is 21.4. The van der Waals surface area contributed by atoms with Crippen LogP contribution < -0.4 is 5.32 Å². The Hall–Kier alpha value is -1.06. The Balaban J connectivity index is 2.30. The van der Waals surface area contributed by atoms with Gasteiger partial charge in [-0.2, -0.15) is 0 Å². The molecule has 0 saturated heterocycles. The predicted octanol–water partition coefficient (Wildman–Crippen LogP) is 5.48. The number of halogens is 1. The van der Waals surface area contributed by atoms with Gasteiger partial charge in [-0.3, -0.25) is 0 Å². The molecule has 1 nitrogen and oxygen atoms in total. The Kier molecular flexibility index (Phi) is 5.05. The Morgan fingerprint density at radius 1 is 0.850 bits per heavy atom. The van der Waals surface area contributed by atoms with Gasteiger partial charge in [0.05, 0.1) is 14.1 Å². The van der Waals surface area contributed by atoms with Crippen molar-refractivity contribution in [3.8, 4) is 0 Å². The molecule has 2 atom stereocenters. The minimum Gasteiger partial charge on any atom is -0.377 e. The highest BCUT2D eigenvalue weighted by atomic mass is 79.9. The molecule has 2 rings (SSSR count). The second kappa shape index (κ2) is 6.59. The summed E-state index contributed by atoms with van der Waals surface area (Å²) in [5.74, 6) is 0. The highest BCUT2D eigenvalue weighted by molar-refractivity contribution is 9.10. The molecule has 0 fully saturated rings. The van der Waals surface area contributed by atoms with E-state index in [1.54, 1.807) is 0 Å². The first-order valence-electron chi connectivity index (χ1n) is 6.99. The number of benzene rings is 2. The van der Waals surface area contributed by atoms with E-state index in [4.69, 9.17) is 0 Å². The second-order valence-corrected chi connectivity index (χ2v) is 13.4. The van der Waals surface area contributed by atoms with Crippen LogP contribution in [0.5, 0.6) is 0 Å². The van der Waals surface area contributed by atoms with Crippen LogP contribution >= 0.6 is 15.9 Å². The smallest absolute Gasteiger partial charge is 0.0626 e. The maximum absolute atomic E-state index is 3.96. The molecule has 0 radical (unpaired) electrons. The molecule has 106 valence electrons. The lowest BCUT2D eigenvalue weighted by Crippen LogP contribution is -2.40. The summed E-state index contributed by atoms with van der Waals surface area (Å²) in [4.78, 5) is 0. The van der Waals surface area contributed by atoms with Gasteiger partial charge in [-0.15, -0.1) is 0 Å². The summed E-state index contributed by atoms with van der Waals surface area (Å²) in [7, 11) is -1.31. The number of nitrogens with one attached hydrogen (secondary N) is 1. The first-order valence-corrected chi connectivity index (χ1v) is 11.5. The molecule has 0 aliphatic carbocycles. The Labute approximate surface area is 131 Å². The number of para-hydroxylation sites is 1. The molecule has 0 bridgehead atoms. The molecule has 0 spiro atoms. The normalized spacial score (nSPS) is 14.6. The third-order valence-electron chi connectivity index (χ3n) is 3.37. The van der Waals surface area contributed by atoms with Crippen molar-refractivity contribution in [3.63, 3.8) is 0 Å². The van der Waals surface area contributed by atoms with Crippen molar-refractivity contribution >= 4 is 29.7 Å². The number of hydrogen-bond donors (Lipinski definition) is 1. The van der Waals surface area contributed by atoms with Crippen LogP contribution in [0, 0.1) is 0 Å². The molecule has 1 N–H and O–H groups in total. The van der Waals surface area contributed by atoms with Crippen LogP contribution in [0.1, 0.15) is 11.6 Å². The van der Waals surface area contributed by atoms with Crippen LogP contribution in [0.3, 0.4) is 0 Å². The zero-order valence-corrected chi connectivity index (χ0v) is 14.9. The van der Waals surface area contributed by atoms with Crippen LogP contribution in [-0.4, -0.2) is 12.5 Å². The van der Waals surface area contributed by atoms with Crippen molar-refractivity contribution in [1.82, 2.24) is 0 Å². The van der Waals surface area contributed by atoms with E-state index in [2.05, 4.69) is 95.5 Å². The quantitative estimate of drug-likeness (QED) is 0.557. The molecule has 0 aliphatic rings. The van der Waals surface area contributed by atoms with Crippen LogP contribution in [-0.2, 0) is 0 Å². The minimum absolute atomic E-state index is 0.297. The molecule has 0 saturated carbocycles. The zero-order chi connectivity index (χ0) is 14.6.